The second kappa shape index (κ2) is 11.9. The first-order chi connectivity index (χ1) is 12.4. The van der Waals surface area contributed by atoms with Crippen LogP contribution < -0.4 is 10.6 Å². The van der Waals surface area contributed by atoms with Crippen molar-refractivity contribution in [3.8, 4) is 0 Å². The van der Waals surface area contributed by atoms with E-state index in [9.17, 15) is 0 Å². The Morgan fingerprint density at radius 3 is 2.41 bits per heavy atom. The van der Waals surface area contributed by atoms with Gasteiger partial charge in [0, 0.05) is 31.7 Å². The van der Waals surface area contributed by atoms with E-state index in [1.165, 1.54) is 5.56 Å². The van der Waals surface area contributed by atoms with Crippen molar-refractivity contribution in [3.05, 3.63) is 35.9 Å². The fourth-order valence-electron chi connectivity index (χ4n) is 3.53. The lowest BCUT2D eigenvalue weighted by atomic mass is 10.1. The zero-order valence-corrected chi connectivity index (χ0v) is 20.1. The second-order valence-corrected chi connectivity index (χ2v) is 7.89. The molecule has 154 valence electrons. The van der Waals surface area contributed by atoms with E-state index >= 15 is 0 Å². The van der Waals surface area contributed by atoms with Gasteiger partial charge >= 0.3 is 0 Å². The maximum Gasteiger partial charge on any atom is 0.191 e. The smallest absolute Gasteiger partial charge is 0.191 e. The molecule has 6 heteroatoms. The molecule has 1 saturated heterocycles. The quantitative estimate of drug-likeness (QED) is 0.352. The number of halogens is 1. The van der Waals surface area contributed by atoms with Crippen LogP contribution in [-0.4, -0.2) is 68.1 Å². The molecule has 27 heavy (non-hydrogen) atoms. The molecular weight excluding hydrogens is 449 g/mol. The number of aliphatic imine (C=N–C) groups is 1. The Hall–Kier alpha value is -0.860. The molecule has 0 aromatic heterocycles. The molecule has 0 amide bonds. The Bertz CT molecular complexity index is 561. The molecule has 1 aliphatic rings. The van der Waals surface area contributed by atoms with E-state index < -0.39 is 0 Å². The average Bonchev–Trinajstić information content (AvgIpc) is 2.97. The van der Waals surface area contributed by atoms with Crippen molar-refractivity contribution in [3.63, 3.8) is 0 Å². The zero-order valence-electron chi connectivity index (χ0n) is 17.8. The highest BCUT2D eigenvalue weighted by atomic mass is 127. The Morgan fingerprint density at radius 1 is 1.22 bits per heavy atom. The highest BCUT2D eigenvalue weighted by Gasteiger charge is 2.31. The number of rotatable bonds is 7. The number of nitrogens with zero attached hydrogens (tertiary/aromatic N) is 3. The predicted molar refractivity (Wildman–Crippen MR) is 127 cm³/mol. The first-order valence-electron chi connectivity index (χ1n) is 9.92. The van der Waals surface area contributed by atoms with Gasteiger partial charge < -0.3 is 15.5 Å². The Balaban J connectivity index is 0.00000364. The van der Waals surface area contributed by atoms with E-state index in [4.69, 9.17) is 4.99 Å². The SMILES string of the molecule is CCNC(=NCC(c1ccccc1)N(C)C)NC1CN(C(C)C)CC1C.I. The number of guanidine groups is 1. The molecule has 1 aromatic rings. The molecule has 1 fully saturated rings. The third-order valence-electron chi connectivity index (χ3n) is 5.27. The van der Waals surface area contributed by atoms with Gasteiger partial charge in [-0.3, -0.25) is 9.89 Å². The molecule has 0 bridgehead atoms. The summed E-state index contributed by atoms with van der Waals surface area (Å²) in [5, 5.41) is 7.10. The summed E-state index contributed by atoms with van der Waals surface area (Å²) in [5.41, 5.74) is 1.30. The maximum absolute atomic E-state index is 4.91. The van der Waals surface area contributed by atoms with E-state index in [1.807, 2.05) is 0 Å². The lowest BCUT2D eigenvalue weighted by molar-refractivity contribution is 0.265. The summed E-state index contributed by atoms with van der Waals surface area (Å²) in [7, 11) is 4.24. The molecule has 5 nitrogen and oxygen atoms in total. The van der Waals surface area contributed by atoms with Crippen LogP contribution in [0.25, 0.3) is 0 Å². The molecule has 0 radical (unpaired) electrons. The first kappa shape index (κ1) is 24.2. The van der Waals surface area contributed by atoms with Gasteiger partial charge in [0.05, 0.1) is 12.6 Å². The molecule has 1 aromatic carbocycles. The monoisotopic (exact) mass is 487 g/mol. The van der Waals surface area contributed by atoms with Crippen molar-refractivity contribution in [2.45, 2.75) is 45.8 Å². The zero-order chi connectivity index (χ0) is 19.1. The molecule has 0 spiro atoms. The molecule has 0 aliphatic carbocycles. The molecule has 3 atom stereocenters. The van der Waals surface area contributed by atoms with Gasteiger partial charge in [-0.1, -0.05) is 37.3 Å². The van der Waals surface area contributed by atoms with Crippen LogP contribution in [0.2, 0.25) is 0 Å². The number of benzene rings is 1. The largest absolute Gasteiger partial charge is 0.357 e. The normalized spacial score (nSPS) is 22.0. The number of likely N-dealkylation sites (tertiary alicyclic amines) is 1. The summed E-state index contributed by atoms with van der Waals surface area (Å²) >= 11 is 0. The summed E-state index contributed by atoms with van der Waals surface area (Å²) in [6.07, 6.45) is 0. The van der Waals surface area contributed by atoms with Gasteiger partial charge in [0.15, 0.2) is 5.96 Å². The van der Waals surface area contributed by atoms with Gasteiger partial charge in [-0.25, -0.2) is 0 Å². The van der Waals surface area contributed by atoms with Crippen LogP contribution in [0.15, 0.2) is 35.3 Å². The van der Waals surface area contributed by atoms with Gasteiger partial charge in [-0.2, -0.15) is 0 Å². The molecule has 2 rings (SSSR count). The topological polar surface area (TPSA) is 42.9 Å². The lowest BCUT2D eigenvalue weighted by Gasteiger charge is -2.25. The number of nitrogens with one attached hydrogen (secondary N) is 2. The maximum atomic E-state index is 4.91. The van der Waals surface area contributed by atoms with Crippen LogP contribution in [-0.2, 0) is 0 Å². The van der Waals surface area contributed by atoms with Gasteiger partial charge in [0.2, 0.25) is 0 Å². The number of likely N-dealkylation sites (N-methyl/N-ethyl adjacent to an activating group) is 1. The van der Waals surface area contributed by atoms with Crippen molar-refractivity contribution < 1.29 is 0 Å². The van der Waals surface area contributed by atoms with Crippen molar-refractivity contribution in [2.24, 2.45) is 10.9 Å². The van der Waals surface area contributed by atoms with E-state index in [0.717, 1.165) is 32.1 Å². The predicted octanol–water partition coefficient (Wildman–Crippen LogP) is 3.19. The fourth-order valence-corrected chi connectivity index (χ4v) is 3.53. The minimum absolute atomic E-state index is 0. The van der Waals surface area contributed by atoms with Gasteiger partial charge in [-0.15, -0.1) is 24.0 Å². The Labute approximate surface area is 183 Å². The Morgan fingerprint density at radius 2 is 1.89 bits per heavy atom. The standard InChI is InChI=1S/C21H37N5.HI/c1-7-22-21(24-19-15-26(16(2)3)14-17(19)4)23-13-20(25(5)6)18-11-9-8-10-12-18;/h8-12,16-17,19-20H,7,13-15H2,1-6H3,(H2,22,23,24);1H. The lowest BCUT2D eigenvalue weighted by Crippen LogP contribution is -2.47. The Kier molecular flexibility index (Phi) is 10.6. The van der Waals surface area contributed by atoms with Crippen molar-refractivity contribution in [2.75, 3.05) is 40.3 Å². The summed E-state index contributed by atoms with van der Waals surface area (Å²) in [6.45, 7) is 12.8. The van der Waals surface area contributed by atoms with Crippen LogP contribution in [0.5, 0.6) is 0 Å². The van der Waals surface area contributed by atoms with Crippen LogP contribution in [0, 0.1) is 5.92 Å². The van der Waals surface area contributed by atoms with Gasteiger partial charge in [0.1, 0.15) is 0 Å². The number of hydrogen-bond donors (Lipinski definition) is 2. The summed E-state index contributed by atoms with van der Waals surface area (Å²) in [4.78, 5) is 9.69. The third kappa shape index (κ3) is 7.23. The second-order valence-electron chi connectivity index (χ2n) is 7.89. The van der Waals surface area contributed by atoms with Crippen LogP contribution in [0.3, 0.4) is 0 Å². The highest BCUT2D eigenvalue weighted by Crippen LogP contribution is 2.20. The molecule has 0 saturated carbocycles. The minimum Gasteiger partial charge on any atom is -0.357 e. The van der Waals surface area contributed by atoms with Crippen LogP contribution in [0.4, 0.5) is 0 Å². The van der Waals surface area contributed by atoms with Gasteiger partial charge in [0.25, 0.3) is 0 Å². The van der Waals surface area contributed by atoms with E-state index in [1.54, 1.807) is 0 Å². The molecular formula is C21H38IN5. The number of hydrogen-bond acceptors (Lipinski definition) is 3. The summed E-state index contributed by atoms with van der Waals surface area (Å²) < 4.78 is 0. The van der Waals surface area contributed by atoms with Crippen molar-refractivity contribution in [1.29, 1.82) is 0 Å². The van der Waals surface area contributed by atoms with E-state index in [2.05, 4.69) is 92.6 Å². The van der Waals surface area contributed by atoms with Crippen LogP contribution >= 0.6 is 24.0 Å². The summed E-state index contributed by atoms with van der Waals surface area (Å²) in [6, 6.07) is 11.9. The van der Waals surface area contributed by atoms with Crippen molar-refractivity contribution >= 4 is 29.9 Å². The van der Waals surface area contributed by atoms with Crippen molar-refractivity contribution in [1.82, 2.24) is 20.4 Å². The van der Waals surface area contributed by atoms with Crippen LogP contribution in [0.1, 0.15) is 39.3 Å². The molecule has 2 N–H and O–H groups in total. The van der Waals surface area contributed by atoms with E-state index in [0.29, 0.717) is 18.0 Å². The van der Waals surface area contributed by atoms with E-state index in [-0.39, 0.29) is 30.0 Å². The first-order valence-corrected chi connectivity index (χ1v) is 9.92. The molecule has 1 aliphatic heterocycles. The minimum atomic E-state index is 0. The highest BCUT2D eigenvalue weighted by molar-refractivity contribution is 14.0. The summed E-state index contributed by atoms with van der Waals surface area (Å²) in [5.74, 6) is 1.55. The average molecular weight is 487 g/mol. The molecule has 1 heterocycles. The fraction of sp³-hybridized carbons (Fsp3) is 0.667. The van der Waals surface area contributed by atoms with Gasteiger partial charge in [-0.05, 0) is 46.3 Å². The molecule has 3 unspecified atom stereocenters. The third-order valence-corrected chi connectivity index (χ3v) is 5.27.